The van der Waals surface area contributed by atoms with Gasteiger partial charge in [0, 0.05) is 12.6 Å². The fourth-order valence-corrected chi connectivity index (χ4v) is 3.10. The number of ether oxygens (including phenoxy) is 2. The number of para-hydroxylation sites is 1. The predicted molar refractivity (Wildman–Crippen MR) is 97.1 cm³/mol. The molecule has 1 saturated carbocycles. The van der Waals surface area contributed by atoms with Gasteiger partial charge in [-0.2, -0.15) is 0 Å². The molecule has 0 atom stereocenters. The minimum Gasteiger partial charge on any atom is -0.487 e. The van der Waals surface area contributed by atoms with Gasteiger partial charge in [-0.25, -0.2) is 4.79 Å². The van der Waals surface area contributed by atoms with E-state index in [1.165, 1.54) is 25.7 Å². The van der Waals surface area contributed by atoms with Crippen molar-refractivity contribution in [1.82, 2.24) is 5.32 Å². The van der Waals surface area contributed by atoms with Crippen LogP contribution in [-0.4, -0.2) is 31.9 Å². The first-order valence-electron chi connectivity index (χ1n) is 8.77. The maximum absolute atomic E-state index is 12.3. The molecule has 134 valence electrons. The maximum atomic E-state index is 12.3. The Morgan fingerprint density at radius 2 is 1.96 bits per heavy atom. The number of carbonyl (C=O) groups excluding carboxylic acids is 1. The Bertz CT molecular complexity index is 517. The summed E-state index contributed by atoms with van der Waals surface area (Å²) in [6, 6.07) is 5.35. The fraction of sp³-hybridized carbons (Fsp3) is 0.611. The van der Waals surface area contributed by atoms with Crippen molar-refractivity contribution in [2.24, 2.45) is 0 Å². The van der Waals surface area contributed by atoms with E-state index < -0.39 is 0 Å². The highest BCUT2D eigenvalue weighted by Gasteiger charge is 2.16. The lowest BCUT2D eigenvalue weighted by Crippen LogP contribution is -2.37. The zero-order valence-corrected chi connectivity index (χ0v) is 15.0. The number of anilines is 1. The molecule has 0 unspecified atom stereocenters. The van der Waals surface area contributed by atoms with Crippen LogP contribution >= 0.6 is 11.6 Å². The Hall–Kier alpha value is -1.46. The molecule has 0 heterocycles. The van der Waals surface area contributed by atoms with Crippen LogP contribution in [0.1, 0.15) is 45.4 Å². The monoisotopic (exact) mass is 354 g/mol. The first kappa shape index (κ1) is 18.9. The van der Waals surface area contributed by atoms with Crippen LogP contribution in [0.3, 0.4) is 0 Å². The lowest BCUT2D eigenvalue weighted by atomic mass is 10.1. The van der Waals surface area contributed by atoms with Gasteiger partial charge in [0.1, 0.15) is 6.61 Å². The predicted octanol–water partition coefficient (Wildman–Crippen LogP) is 4.60. The Balaban J connectivity index is 1.92. The highest BCUT2D eigenvalue weighted by atomic mass is 35.5. The molecule has 1 fully saturated rings. The van der Waals surface area contributed by atoms with Gasteiger partial charge in [0.15, 0.2) is 5.75 Å². The molecule has 1 aromatic carbocycles. The molecule has 0 radical (unpaired) electrons. The number of carbonyl (C=O) groups is 1. The summed E-state index contributed by atoms with van der Waals surface area (Å²) in [5, 5.41) is 6.39. The molecule has 1 aliphatic rings. The molecule has 6 heteroatoms. The van der Waals surface area contributed by atoms with Gasteiger partial charge in [-0.3, -0.25) is 0 Å². The zero-order chi connectivity index (χ0) is 17.2. The molecule has 5 nitrogen and oxygen atoms in total. The molecule has 0 saturated heterocycles. The SMILES string of the molecule is CCOCCOc1c(Cl)cccc1NC(=O)NC1CCCCCC1. The van der Waals surface area contributed by atoms with Gasteiger partial charge in [0.2, 0.25) is 0 Å². The topological polar surface area (TPSA) is 59.6 Å². The quantitative estimate of drug-likeness (QED) is 0.555. The minimum atomic E-state index is -0.209. The second kappa shape index (κ2) is 10.4. The first-order valence-corrected chi connectivity index (χ1v) is 9.15. The van der Waals surface area contributed by atoms with Crippen LogP contribution in [0.15, 0.2) is 18.2 Å². The van der Waals surface area contributed by atoms with E-state index in [9.17, 15) is 4.79 Å². The number of rotatable bonds is 7. The van der Waals surface area contributed by atoms with Gasteiger partial charge in [-0.15, -0.1) is 0 Å². The average molecular weight is 355 g/mol. The summed E-state index contributed by atoms with van der Waals surface area (Å²) in [7, 11) is 0. The van der Waals surface area contributed by atoms with E-state index in [-0.39, 0.29) is 12.1 Å². The van der Waals surface area contributed by atoms with E-state index in [0.29, 0.717) is 36.3 Å². The zero-order valence-electron chi connectivity index (χ0n) is 14.3. The summed E-state index contributed by atoms with van der Waals surface area (Å²) in [5.41, 5.74) is 0.574. The van der Waals surface area contributed by atoms with E-state index in [0.717, 1.165) is 12.8 Å². The van der Waals surface area contributed by atoms with Crippen LogP contribution in [0.5, 0.6) is 5.75 Å². The molecule has 2 rings (SSSR count). The van der Waals surface area contributed by atoms with E-state index in [1.54, 1.807) is 18.2 Å². The number of urea groups is 1. The number of benzene rings is 1. The maximum Gasteiger partial charge on any atom is 0.319 e. The summed E-state index contributed by atoms with van der Waals surface area (Å²) in [6.07, 6.45) is 6.95. The molecular weight excluding hydrogens is 328 g/mol. The van der Waals surface area contributed by atoms with Crippen molar-refractivity contribution < 1.29 is 14.3 Å². The standard InChI is InChI=1S/C18H27ClN2O3/c1-2-23-12-13-24-17-15(19)10-7-11-16(17)21-18(22)20-14-8-5-3-4-6-9-14/h7,10-11,14H,2-6,8-9,12-13H2,1H3,(H2,20,21,22). The molecule has 1 aromatic rings. The number of hydrogen-bond donors (Lipinski definition) is 2. The highest BCUT2D eigenvalue weighted by molar-refractivity contribution is 6.32. The summed E-state index contributed by atoms with van der Waals surface area (Å²) in [4.78, 5) is 12.3. The summed E-state index contributed by atoms with van der Waals surface area (Å²) >= 11 is 6.20. The Kier molecular flexibility index (Phi) is 8.19. The molecule has 2 N–H and O–H groups in total. The van der Waals surface area contributed by atoms with E-state index in [4.69, 9.17) is 21.1 Å². The lowest BCUT2D eigenvalue weighted by molar-refractivity contribution is 0.110. The van der Waals surface area contributed by atoms with Crippen molar-refractivity contribution in [2.45, 2.75) is 51.5 Å². The van der Waals surface area contributed by atoms with E-state index in [1.807, 2.05) is 6.92 Å². The number of hydrogen-bond acceptors (Lipinski definition) is 3. The van der Waals surface area contributed by atoms with Gasteiger partial charge in [-0.1, -0.05) is 43.4 Å². The van der Waals surface area contributed by atoms with Gasteiger partial charge >= 0.3 is 6.03 Å². The van der Waals surface area contributed by atoms with Crippen LogP contribution in [0.2, 0.25) is 5.02 Å². The summed E-state index contributed by atoms with van der Waals surface area (Å²) in [6.45, 7) is 3.44. The Morgan fingerprint density at radius 3 is 2.67 bits per heavy atom. The first-order chi connectivity index (χ1) is 11.7. The molecule has 1 aliphatic carbocycles. The molecule has 24 heavy (non-hydrogen) atoms. The van der Waals surface area contributed by atoms with E-state index >= 15 is 0 Å². The molecule has 2 amide bonds. The molecule has 0 aromatic heterocycles. The largest absolute Gasteiger partial charge is 0.487 e. The minimum absolute atomic E-state index is 0.209. The van der Waals surface area contributed by atoms with Crippen LogP contribution < -0.4 is 15.4 Å². The molecule has 0 aliphatic heterocycles. The Labute approximate surface area is 149 Å². The third kappa shape index (κ3) is 6.21. The van der Waals surface area contributed by atoms with Crippen molar-refractivity contribution in [3.8, 4) is 5.75 Å². The van der Waals surface area contributed by atoms with Crippen molar-refractivity contribution in [2.75, 3.05) is 25.1 Å². The van der Waals surface area contributed by atoms with Gasteiger partial charge in [0.05, 0.1) is 17.3 Å². The van der Waals surface area contributed by atoms with Crippen LogP contribution in [0, 0.1) is 0 Å². The smallest absolute Gasteiger partial charge is 0.319 e. The fourth-order valence-electron chi connectivity index (χ4n) is 2.87. The van der Waals surface area contributed by atoms with Crippen LogP contribution in [0.25, 0.3) is 0 Å². The van der Waals surface area contributed by atoms with Crippen molar-refractivity contribution >= 4 is 23.3 Å². The van der Waals surface area contributed by atoms with Crippen molar-refractivity contribution in [3.05, 3.63) is 23.2 Å². The van der Waals surface area contributed by atoms with Gasteiger partial charge < -0.3 is 20.1 Å². The summed E-state index contributed by atoms with van der Waals surface area (Å²) < 4.78 is 10.9. The normalized spacial score (nSPS) is 15.6. The second-order valence-electron chi connectivity index (χ2n) is 5.95. The van der Waals surface area contributed by atoms with Crippen molar-refractivity contribution in [1.29, 1.82) is 0 Å². The van der Waals surface area contributed by atoms with Crippen LogP contribution in [-0.2, 0) is 4.74 Å². The van der Waals surface area contributed by atoms with Gasteiger partial charge in [0.25, 0.3) is 0 Å². The summed E-state index contributed by atoms with van der Waals surface area (Å²) in [5.74, 6) is 0.481. The van der Waals surface area contributed by atoms with Crippen molar-refractivity contribution in [3.63, 3.8) is 0 Å². The third-order valence-electron chi connectivity index (χ3n) is 4.08. The molecular formula is C18H27ClN2O3. The third-order valence-corrected chi connectivity index (χ3v) is 4.38. The lowest BCUT2D eigenvalue weighted by Gasteiger charge is -2.18. The number of amides is 2. The Morgan fingerprint density at radius 1 is 1.21 bits per heavy atom. The molecule has 0 bridgehead atoms. The van der Waals surface area contributed by atoms with E-state index in [2.05, 4.69) is 10.6 Å². The average Bonchev–Trinajstić information content (AvgIpc) is 2.82. The van der Waals surface area contributed by atoms with Crippen LogP contribution in [0.4, 0.5) is 10.5 Å². The molecule has 0 spiro atoms. The number of nitrogens with one attached hydrogen (secondary N) is 2. The second-order valence-corrected chi connectivity index (χ2v) is 6.36. The number of halogens is 1. The highest BCUT2D eigenvalue weighted by Crippen LogP contribution is 2.33. The van der Waals surface area contributed by atoms with Gasteiger partial charge in [-0.05, 0) is 31.9 Å².